The second-order valence-corrected chi connectivity index (χ2v) is 6.92. The molecule has 2 heterocycles. The number of nitrogens with zero attached hydrogens (tertiary/aromatic N) is 1. The Morgan fingerprint density at radius 1 is 1.53 bits per heavy atom. The number of nitrogens with one attached hydrogen (secondary N) is 1. The summed E-state index contributed by atoms with van der Waals surface area (Å²) >= 11 is 7.71. The minimum absolute atomic E-state index is 0.200. The van der Waals surface area contributed by atoms with Crippen LogP contribution in [0, 0.1) is 0 Å². The van der Waals surface area contributed by atoms with E-state index in [9.17, 15) is 0 Å². The Bertz CT molecular complexity index is 397. The van der Waals surface area contributed by atoms with Gasteiger partial charge in [-0.15, -0.1) is 11.3 Å². The molecule has 5 heteroatoms. The molecule has 0 radical (unpaired) electrons. The molecule has 3 nitrogen and oxygen atoms in total. The molecule has 0 spiro atoms. The highest BCUT2D eigenvalue weighted by atomic mass is 35.5. The fourth-order valence-electron chi connectivity index (χ4n) is 2.50. The molecule has 1 fully saturated rings. The Kier molecular flexibility index (Phi) is 5.66. The smallest absolute Gasteiger partial charge is 0.0931 e. The van der Waals surface area contributed by atoms with Gasteiger partial charge in [0.1, 0.15) is 0 Å². The maximum Gasteiger partial charge on any atom is 0.0931 e. The van der Waals surface area contributed by atoms with Crippen molar-refractivity contribution in [3.63, 3.8) is 0 Å². The average molecular weight is 303 g/mol. The van der Waals surface area contributed by atoms with Crippen LogP contribution in [0.25, 0.3) is 0 Å². The quantitative estimate of drug-likeness (QED) is 0.904. The summed E-state index contributed by atoms with van der Waals surface area (Å²) in [6, 6.07) is 4.89. The molecule has 1 saturated heterocycles. The average Bonchev–Trinajstić information content (AvgIpc) is 2.82. The molecule has 1 aliphatic heterocycles. The second kappa shape index (κ2) is 7.04. The number of hydrogen-bond acceptors (Lipinski definition) is 4. The van der Waals surface area contributed by atoms with Gasteiger partial charge in [-0.1, -0.05) is 18.5 Å². The second-order valence-electron chi connectivity index (χ2n) is 5.18. The topological polar surface area (TPSA) is 24.5 Å². The number of likely N-dealkylation sites (N-methyl/N-ethyl adjacent to an activating group) is 1. The van der Waals surface area contributed by atoms with Gasteiger partial charge in [0.2, 0.25) is 0 Å². The summed E-state index contributed by atoms with van der Waals surface area (Å²) in [5.41, 5.74) is 0. The van der Waals surface area contributed by atoms with Crippen LogP contribution < -0.4 is 5.32 Å². The van der Waals surface area contributed by atoms with Crippen LogP contribution in [0.5, 0.6) is 0 Å². The highest BCUT2D eigenvalue weighted by molar-refractivity contribution is 7.16. The van der Waals surface area contributed by atoms with E-state index < -0.39 is 0 Å². The molecule has 0 saturated carbocycles. The minimum atomic E-state index is 0.200. The van der Waals surface area contributed by atoms with Crippen LogP contribution >= 0.6 is 22.9 Å². The van der Waals surface area contributed by atoms with E-state index in [0.29, 0.717) is 6.04 Å². The summed E-state index contributed by atoms with van der Waals surface area (Å²) < 4.78 is 6.84. The number of morpholine rings is 1. The molecule has 2 unspecified atom stereocenters. The van der Waals surface area contributed by atoms with E-state index >= 15 is 0 Å². The van der Waals surface area contributed by atoms with E-state index in [1.165, 1.54) is 4.88 Å². The highest BCUT2D eigenvalue weighted by Gasteiger charge is 2.30. The molecule has 1 N–H and O–H groups in total. The van der Waals surface area contributed by atoms with Gasteiger partial charge in [0.05, 0.1) is 23.1 Å². The monoisotopic (exact) mass is 302 g/mol. The molecule has 1 aromatic rings. The molecule has 19 heavy (non-hydrogen) atoms. The van der Waals surface area contributed by atoms with Gasteiger partial charge in [0.15, 0.2) is 0 Å². The van der Waals surface area contributed by atoms with Crippen LogP contribution in [0.2, 0.25) is 4.34 Å². The SMILES string of the molecule is CCNC(c1ccc(Cl)s1)C1CN(C(C)C)CCO1. The maximum atomic E-state index is 6.06. The fourth-order valence-corrected chi connectivity index (χ4v) is 3.69. The molecule has 0 bridgehead atoms. The van der Waals surface area contributed by atoms with E-state index in [0.717, 1.165) is 30.6 Å². The minimum Gasteiger partial charge on any atom is -0.374 e. The van der Waals surface area contributed by atoms with Gasteiger partial charge < -0.3 is 10.1 Å². The van der Waals surface area contributed by atoms with Gasteiger partial charge in [-0.2, -0.15) is 0 Å². The molecule has 1 aromatic heterocycles. The van der Waals surface area contributed by atoms with Crippen LogP contribution in [0.1, 0.15) is 31.7 Å². The summed E-state index contributed by atoms with van der Waals surface area (Å²) in [6.45, 7) is 10.4. The predicted molar refractivity (Wildman–Crippen MR) is 82.2 cm³/mol. The van der Waals surface area contributed by atoms with E-state index in [4.69, 9.17) is 16.3 Å². The Morgan fingerprint density at radius 3 is 2.89 bits per heavy atom. The van der Waals surface area contributed by atoms with Crippen LogP contribution in [-0.2, 0) is 4.74 Å². The molecular weight excluding hydrogens is 280 g/mol. The molecule has 2 atom stereocenters. The Balaban J connectivity index is 2.10. The molecule has 108 valence electrons. The molecule has 1 aliphatic rings. The lowest BCUT2D eigenvalue weighted by Crippen LogP contribution is -2.50. The van der Waals surface area contributed by atoms with Crippen molar-refractivity contribution >= 4 is 22.9 Å². The number of thiophene rings is 1. The van der Waals surface area contributed by atoms with Gasteiger partial charge >= 0.3 is 0 Å². The zero-order valence-electron chi connectivity index (χ0n) is 11.9. The lowest BCUT2D eigenvalue weighted by molar-refractivity contribution is -0.0553. The Hall–Kier alpha value is -0.130. The predicted octanol–water partition coefficient (Wildman–Crippen LogP) is 3.16. The van der Waals surface area contributed by atoms with E-state index in [-0.39, 0.29) is 12.1 Å². The number of rotatable bonds is 5. The summed E-state index contributed by atoms with van der Waals surface area (Å²) in [6.07, 6.45) is 0.200. The lowest BCUT2D eigenvalue weighted by atomic mass is 10.1. The first kappa shape index (κ1) is 15.3. The molecule has 0 aliphatic carbocycles. The van der Waals surface area contributed by atoms with Crippen LogP contribution in [0.3, 0.4) is 0 Å². The summed E-state index contributed by atoms with van der Waals surface area (Å²) in [5.74, 6) is 0. The van der Waals surface area contributed by atoms with Crippen molar-refractivity contribution in [1.29, 1.82) is 0 Å². The first-order valence-corrected chi connectivity index (χ1v) is 8.15. The first-order valence-electron chi connectivity index (χ1n) is 6.96. The van der Waals surface area contributed by atoms with E-state index in [1.54, 1.807) is 11.3 Å². The summed E-state index contributed by atoms with van der Waals surface area (Å²) in [7, 11) is 0. The molecule has 0 aromatic carbocycles. The van der Waals surface area contributed by atoms with E-state index in [1.807, 2.05) is 6.07 Å². The summed E-state index contributed by atoms with van der Waals surface area (Å²) in [4.78, 5) is 3.75. The summed E-state index contributed by atoms with van der Waals surface area (Å²) in [5, 5.41) is 3.54. The van der Waals surface area contributed by atoms with Crippen molar-refractivity contribution in [2.24, 2.45) is 0 Å². The van der Waals surface area contributed by atoms with Gasteiger partial charge in [-0.05, 0) is 32.5 Å². The first-order chi connectivity index (χ1) is 9.11. The van der Waals surface area contributed by atoms with Gasteiger partial charge in [0.25, 0.3) is 0 Å². The largest absolute Gasteiger partial charge is 0.374 e. The maximum absolute atomic E-state index is 6.06. The van der Waals surface area contributed by atoms with Crippen molar-refractivity contribution in [3.05, 3.63) is 21.3 Å². The normalized spacial score (nSPS) is 22.9. The zero-order chi connectivity index (χ0) is 13.8. The van der Waals surface area contributed by atoms with Crippen LogP contribution in [0.15, 0.2) is 12.1 Å². The highest BCUT2D eigenvalue weighted by Crippen LogP contribution is 2.31. The van der Waals surface area contributed by atoms with Gasteiger partial charge in [0, 0.05) is 24.0 Å². The van der Waals surface area contributed by atoms with Crippen molar-refractivity contribution in [3.8, 4) is 0 Å². The number of ether oxygens (including phenoxy) is 1. The molecule has 0 amide bonds. The van der Waals surface area contributed by atoms with Gasteiger partial charge in [-0.3, -0.25) is 4.90 Å². The lowest BCUT2D eigenvalue weighted by Gasteiger charge is -2.39. The van der Waals surface area contributed by atoms with Crippen LogP contribution in [-0.4, -0.2) is 43.3 Å². The Labute approximate surface area is 124 Å². The zero-order valence-corrected chi connectivity index (χ0v) is 13.4. The third kappa shape index (κ3) is 3.92. The van der Waals surface area contributed by atoms with Crippen molar-refractivity contribution in [2.45, 2.75) is 39.0 Å². The van der Waals surface area contributed by atoms with Crippen molar-refractivity contribution in [2.75, 3.05) is 26.2 Å². The third-order valence-electron chi connectivity index (χ3n) is 3.55. The van der Waals surface area contributed by atoms with E-state index in [2.05, 4.69) is 37.1 Å². The standard InChI is InChI=1S/C14H23ClN2OS/c1-4-16-14(12-5-6-13(15)19-12)11-9-17(10(2)3)7-8-18-11/h5-6,10-11,14,16H,4,7-9H2,1-3H3. The number of halogens is 1. The third-order valence-corrected chi connectivity index (χ3v) is 4.87. The Morgan fingerprint density at radius 2 is 2.32 bits per heavy atom. The molecule has 2 rings (SSSR count). The van der Waals surface area contributed by atoms with Gasteiger partial charge in [-0.25, -0.2) is 0 Å². The molecular formula is C14H23ClN2OS. The van der Waals surface area contributed by atoms with Crippen LogP contribution in [0.4, 0.5) is 0 Å². The number of hydrogen-bond donors (Lipinski definition) is 1. The fraction of sp³-hybridized carbons (Fsp3) is 0.714. The van der Waals surface area contributed by atoms with Crippen molar-refractivity contribution in [1.82, 2.24) is 10.2 Å². The van der Waals surface area contributed by atoms with Crippen molar-refractivity contribution < 1.29 is 4.74 Å².